The second-order valence-corrected chi connectivity index (χ2v) is 4.61. The van der Waals surface area contributed by atoms with Gasteiger partial charge in [0.2, 0.25) is 0 Å². The highest BCUT2D eigenvalue weighted by molar-refractivity contribution is 5.76. The van der Waals surface area contributed by atoms with E-state index in [4.69, 9.17) is 10.00 Å². The third kappa shape index (κ3) is 2.62. The number of halogens is 2. The standard InChI is InChI=1S/C16H10F2N4O/c1-23-16-9(7-19)10(17)6-13(15(16)18)22-14-8-20-11-4-2-3-5-12(11)21-14/h2-6,8H,1H3,(H,21,22). The number of ether oxygens (including phenoxy) is 1. The van der Waals surface area contributed by atoms with Gasteiger partial charge in [0, 0.05) is 6.07 Å². The number of aromatic nitrogens is 2. The molecule has 23 heavy (non-hydrogen) atoms. The third-order valence-corrected chi connectivity index (χ3v) is 3.20. The van der Waals surface area contributed by atoms with Gasteiger partial charge in [0.05, 0.1) is 30.0 Å². The highest BCUT2D eigenvalue weighted by Crippen LogP contribution is 2.32. The van der Waals surface area contributed by atoms with E-state index < -0.39 is 22.9 Å². The number of hydrogen-bond donors (Lipinski definition) is 1. The molecule has 0 spiro atoms. The third-order valence-electron chi connectivity index (χ3n) is 3.20. The summed E-state index contributed by atoms with van der Waals surface area (Å²) in [6.45, 7) is 0. The maximum atomic E-state index is 14.3. The maximum absolute atomic E-state index is 14.3. The van der Waals surface area contributed by atoms with Crippen molar-refractivity contribution in [2.24, 2.45) is 0 Å². The van der Waals surface area contributed by atoms with Crippen LogP contribution in [-0.4, -0.2) is 17.1 Å². The van der Waals surface area contributed by atoms with Gasteiger partial charge in [-0.1, -0.05) is 12.1 Å². The van der Waals surface area contributed by atoms with Crippen LogP contribution in [0.3, 0.4) is 0 Å². The van der Waals surface area contributed by atoms with Crippen LogP contribution >= 0.6 is 0 Å². The molecule has 0 aliphatic heterocycles. The lowest BCUT2D eigenvalue weighted by atomic mass is 10.1. The van der Waals surface area contributed by atoms with E-state index in [2.05, 4.69) is 15.3 Å². The summed E-state index contributed by atoms with van der Waals surface area (Å²) in [6.07, 6.45) is 1.41. The van der Waals surface area contributed by atoms with Gasteiger partial charge in [-0.3, -0.25) is 4.98 Å². The number of methoxy groups -OCH3 is 1. The Kier molecular flexibility index (Phi) is 3.73. The van der Waals surface area contributed by atoms with Gasteiger partial charge in [-0.2, -0.15) is 5.26 Å². The van der Waals surface area contributed by atoms with Gasteiger partial charge in [-0.05, 0) is 12.1 Å². The average molecular weight is 312 g/mol. The van der Waals surface area contributed by atoms with Crippen molar-refractivity contribution in [2.45, 2.75) is 0 Å². The number of hydrogen-bond acceptors (Lipinski definition) is 5. The van der Waals surface area contributed by atoms with E-state index in [9.17, 15) is 8.78 Å². The molecule has 0 saturated heterocycles. The summed E-state index contributed by atoms with van der Waals surface area (Å²) in [5.41, 5.74) is 0.615. The lowest BCUT2D eigenvalue weighted by Crippen LogP contribution is -2.03. The van der Waals surface area contributed by atoms with Crippen molar-refractivity contribution >= 4 is 22.5 Å². The number of benzene rings is 2. The van der Waals surface area contributed by atoms with Gasteiger partial charge in [-0.25, -0.2) is 13.8 Å². The molecule has 3 aromatic rings. The molecule has 0 atom stereocenters. The van der Waals surface area contributed by atoms with Gasteiger partial charge < -0.3 is 10.1 Å². The Balaban J connectivity index is 2.05. The SMILES string of the molecule is COc1c(F)c(Nc2cnc3ccccc3n2)cc(F)c1C#N. The molecule has 0 bridgehead atoms. The molecule has 1 heterocycles. The monoisotopic (exact) mass is 312 g/mol. The fraction of sp³-hybridized carbons (Fsp3) is 0.0625. The summed E-state index contributed by atoms with van der Waals surface area (Å²) < 4.78 is 33.0. The quantitative estimate of drug-likeness (QED) is 0.801. The largest absolute Gasteiger partial charge is 0.492 e. The van der Waals surface area contributed by atoms with Crippen LogP contribution < -0.4 is 10.1 Å². The summed E-state index contributed by atoms with van der Waals surface area (Å²) in [7, 11) is 1.16. The van der Waals surface area contributed by atoms with Crippen LogP contribution in [0, 0.1) is 23.0 Å². The van der Waals surface area contributed by atoms with Crippen LogP contribution in [0.25, 0.3) is 11.0 Å². The number of nitriles is 1. The topological polar surface area (TPSA) is 70.8 Å². The first-order valence-electron chi connectivity index (χ1n) is 6.59. The second kappa shape index (κ2) is 5.85. The molecular formula is C16H10F2N4O. The van der Waals surface area contributed by atoms with Crippen molar-refractivity contribution in [2.75, 3.05) is 12.4 Å². The normalized spacial score (nSPS) is 10.3. The molecule has 0 aliphatic carbocycles. The van der Waals surface area contributed by atoms with Crippen LogP contribution in [0.2, 0.25) is 0 Å². The van der Waals surface area contributed by atoms with Crippen LogP contribution in [-0.2, 0) is 0 Å². The van der Waals surface area contributed by atoms with Gasteiger partial charge >= 0.3 is 0 Å². The van der Waals surface area contributed by atoms with Crippen molar-refractivity contribution in [3.8, 4) is 11.8 Å². The maximum Gasteiger partial charge on any atom is 0.190 e. The molecule has 0 fully saturated rings. The second-order valence-electron chi connectivity index (χ2n) is 4.61. The van der Waals surface area contributed by atoms with E-state index in [1.54, 1.807) is 24.3 Å². The fourth-order valence-electron chi connectivity index (χ4n) is 2.14. The Bertz CT molecular complexity index is 937. The number of nitrogens with zero attached hydrogens (tertiary/aromatic N) is 3. The minimum Gasteiger partial charge on any atom is -0.492 e. The molecule has 0 saturated carbocycles. The predicted molar refractivity (Wildman–Crippen MR) is 80.4 cm³/mol. The summed E-state index contributed by atoms with van der Waals surface area (Å²) in [5.74, 6) is -1.97. The van der Waals surface area contributed by atoms with Crippen molar-refractivity contribution < 1.29 is 13.5 Å². The molecule has 7 heteroatoms. The Morgan fingerprint density at radius 1 is 1.22 bits per heavy atom. The number of rotatable bonds is 3. The van der Waals surface area contributed by atoms with Gasteiger partial charge in [0.1, 0.15) is 23.3 Å². The fourth-order valence-corrected chi connectivity index (χ4v) is 2.14. The Hall–Kier alpha value is -3.27. The number of anilines is 2. The van der Waals surface area contributed by atoms with E-state index in [1.807, 2.05) is 6.07 Å². The summed E-state index contributed by atoms with van der Waals surface area (Å²) in [6, 6.07) is 9.62. The minimum atomic E-state index is -0.887. The molecule has 0 unspecified atom stereocenters. The van der Waals surface area contributed by atoms with Crippen molar-refractivity contribution in [3.63, 3.8) is 0 Å². The summed E-state index contributed by atoms with van der Waals surface area (Å²) >= 11 is 0. The van der Waals surface area contributed by atoms with Gasteiger partial charge in [0.15, 0.2) is 11.6 Å². The summed E-state index contributed by atoms with van der Waals surface area (Å²) in [4.78, 5) is 8.45. The van der Waals surface area contributed by atoms with Crippen molar-refractivity contribution in [3.05, 3.63) is 53.7 Å². The summed E-state index contributed by atoms with van der Waals surface area (Å²) in [5, 5.41) is 11.5. The average Bonchev–Trinajstić information content (AvgIpc) is 2.57. The molecule has 3 rings (SSSR count). The van der Waals surface area contributed by atoms with E-state index >= 15 is 0 Å². The first-order valence-corrected chi connectivity index (χ1v) is 6.59. The first kappa shape index (κ1) is 14.7. The van der Waals surface area contributed by atoms with Gasteiger partial charge in [0.25, 0.3) is 0 Å². The molecule has 1 N–H and O–H groups in total. The number of fused-ring (bicyclic) bond motifs is 1. The Labute approximate surface area is 130 Å². The number of para-hydroxylation sites is 2. The highest BCUT2D eigenvalue weighted by Gasteiger charge is 2.19. The predicted octanol–water partition coefficient (Wildman–Crippen LogP) is 3.53. The van der Waals surface area contributed by atoms with Crippen molar-refractivity contribution in [1.29, 1.82) is 5.26 Å². The molecule has 5 nitrogen and oxygen atoms in total. The first-order chi connectivity index (χ1) is 11.1. The zero-order valence-corrected chi connectivity index (χ0v) is 12.0. The number of nitrogens with one attached hydrogen (secondary N) is 1. The van der Waals surface area contributed by atoms with Crippen molar-refractivity contribution in [1.82, 2.24) is 9.97 Å². The zero-order valence-electron chi connectivity index (χ0n) is 12.0. The molecule has 1 aromatic heterocycles. The lowest BCUT2D eigenvalue weighted by molar-refractivity contribution is 0.382. The van der Waals surface area contributed by atoms with Crippen LogP contribution in [0.5, 0.6) is 5.75 Å². The molecule has 0 amide bonds. The van der Waals surface area contributed by atoms with Crippen LogP contribution in [0.15, 0.2) is 36.5 Å². The minimum absolute atomic E-state index is 0.192. The Morgan fingerprint density at radius 3 is 2.65 bits per heavy atom. The van der Waals surface area contributed by atoms with Gasteiger partial charge in [-0.15, -0.1) is 0 Å². The van der Waals surface area contributed by atoms with E-state index in [0.29, 0.717) is 11.0 Å². The van der Waals surface area contributed by atoms with Crippen LogP contribution in [0.1, 0.15) is 5.56 Å². The molecular weight excluding hydrogens is 302 g/mol. The highest BCUT2D eigenvalue weighted by atomic mass is 19.1. The molecule has 2 aromatic carbocycles. The lowest BCUT2D eigenvalue weighted by Gasteiger charge is -2.11. The molecule has 0 aliphatic rings. The Morgan fingerprint density at radius 2 is 1.96 bits per heavy atom. The smallest absolute Gasteiger partial charge is 0.190 e. The molecule has 0 radical (unpaired) electrons. The molecule has 114 valence electrons. The van der Waals surface area contributed by atoms with E-state index in [-0.39, 0.29) is 11.5 Å². The van der Waals surface area contributed by atoms with E-state index in [0.717, 1.165) is 13.2 Å². The zero-order chi connectivity index (χ0) is 16.4. The van der Waals surface area contributed by atoms with E-state index in [1.165, 1.54) is 6.20 Å². The van der Waals surface area contributed by atoms with Crippen LogP contribution in [0.4, 0.5) is 20.3 Å².